The Kier molecular flexibility index (Phi) is 7.95. The van der Waals surface area contributed by atoms with E-state index in [4.69, 9.17) is 19.8 Å². The van der Waals surface area contributed by atoms with Gasteiger partial charge in [0, 0.05) is 6.54 Å². The van der Waals surface area contributed by atoms with Crippen LogP contribution in [-0.2, 0) is 22.6 Å². The molecule has 3 rings (SSSR count). The van der Waals surface area contributed by atoms with Crippen molar-refractivity contribution >= 4 is 11.9 Å². The van der Waals surface area contributed by atoms with Crippen molar-refractivity contribution < 1.29 is 24.2 Å². The molecule has 0 spiro atoms. The molecule has 0 radical (unpaired) electrons. The lowest BCUT2D eigenvalue weighted by molar-refractivity contribution is -0.159. The van der Waals surface area contributed by atoms with Gasteiger partial charge in [-0.3, -0.25) is 4.90 Å². The second-order valence-corrected chi connectivity index (χ2v) is 6.65. The minimum Gasteiger partial charge on any atom is -0.473 e. The van der Waals surface area contributed by atoms with Gasteiger partial charge in [0.15, 0.2) is 0 Å². The van der Waals surface area contributed by atoms with Gasteiger partial charge in [-0.15, -0.1) is 0 Å². The van der Waals surface area contributed by atoms with Gasteiger partial charge in [-0.05, 0) is 61.5 Å². The summed E-state index contributed by atoms with van der Waals surface area (Å²) in [6.45, 7) is 3.24. The van der Waals surface area contributed by atoms with E-state index in [1.807, 2.05) is 12.1 Å². The molecule has 1 aliphatic rings. The molecule has 0 saturated carbocycles. The normalized spacial score (nSPS) is 14.9. The molecule has 1 aliphatic heterocycles. The zero-order valence-corrected chi connectivity index (χ0v) is 15.1. The molecule has 1 heterocycles. The number of carboxylic acids is 2. The maximum absolute atomic E-state index is 12.9. The van der Waals surface area contributed by atoms with E-state index in [1.54, 1.807) is 12.1 Å². The molecule has 2 N–H and O–H groups in total. The number of halogens is 1. The zero-order chi connectivity index (χ0) is 19.6. The van der Waals surface area contributed by atoms with Crippen LogP contribution in [0.5, 0.6) is 0 Å². The van der Waals surface area contributed by atoms with Gasteiger partial charge in [0.1, 0.15) is 5.82 Å². The highest BCUT2D eigenvalue weighted by atomic mass is 19.1. The standard InChI is InChI=1S/C19H22FN.C2H2O4/c20-19-8-6-18(7-9-19)15-21-12-10-17(11-13-21)14-16-4-2-1-3-5-16;3-1(4)2(5)6/h1-9,17H,10-15H2;(H,3,4)(H,5,6). The molecule has 6 heteroatoms. The zero-order valence-electron chi connectivity index (χ0n) is 15.1. The Morgan fingerprint density at radius 1 is 0.889 bits per heavy atom. The number of rotatable bonds is 4. The van der Waals surface area contributed by atoms with Gasteiger partial charge < -0.3 is 10.2 Å². The van der Waals surface area contributed by atoms with Crippen LogP contribution in [0.25, 0.3) is 0 Å². The first-order chi connectivity index (χ1) is 12.9. The molecule has 0 aliphatic carbocycles. The molecule has 0 unspecified atom stereocenters. The fourth-order valence-corrected chi connectivity index (χ4v) is 3.14. The van der Waals surface area contributed by atoms with Crippen LogP contribution >= 0.6 is 0 Å². The van der Waals surface area contributed by atoms with Gasteiger partial charge in [-0.1, -0.05) is 42.5 Å². The lowest BCUT2D eigenvalue weighted by atomic mass is 9.90. The summed E-state index contributed by atoms with van der Waals surface area (Å²) in [7, 11) is 0. The third-order valence-electron chi connectivity index (χ3n) is 4.58. The molecule has 1 fully saturated rings. The van der Waals surface area contributed by atoms with Crippen LogP contribution in [0.2, 0.25) is 0 Å². The number of hydrogen-bond acceptors (Lipinski definition) is 3. The lowest BCUT2D eigenvalue weighted by Crippen LogP contribution is -2.33. The molecule has 0 atom stereocenters. The molecule has 5 nitrogen and oxygen atoms in total. The van der Waals surface area contributed by atoms with Crippen molar-refractivity contribution in [1.82, 2.24) is 4.90 Å². The fourth-order valence-electron chi connectivity index (χ4n) is 3.14. The highest BCUT2D eigenvalue weighted by molar-refractivity contribution is 6.27. The summed E-state index contributed by atoms with van der Waals surface area (Å²) >= 11 is 0. The van der Waals surface area contributed by atoms with Crippen molar-refractivity contribution in [2.24, 2.45) is 5.92 Å². The maximum atomic E-state index is 12.9. The van der Waals surface area contributed by atoms with E-state index < -0.39 is 11.9 Å². The van der Waals surface area contributed by atoms with Crippen LogP contribution < -0.4 is 0 Å². The first kappa shape index (κ1) is 20.6. The molecular weight excluding hydrogens is 349 g/mol. The second-order valence-electron chi connectivity index (χ2n) is 6.65. The molecular formula is C21H24FNO4. The van der Waals surface area contributed by atoms with Gasteiger partial charge in [0.2, 0.25) is 0 Å². The monoisotopic (exact) mass is 373 g/mol. The third kappa shape index (κ3) is 7.58. The van der Waals surface area contributed by atoms with Gasteiger partial charge in [0.25, 0.3) is 0 Å². The second kappa shape index (κ2) is 10.4. The van der Waals surface area contributed by atoms with Crippen molar-refractivity contribution in [3.8, 4) is 0 Å². The highest BCUT2D eigenvalue weighted by Gasteiger charge is 2.19. The van der Waals surface area contributed by atoms with Crippen molar-refractivity contribution in [1.29, 1.82) is 0 Å². The first-order valence-electron chi connectivity index (χ1n) is 8.91. The predicted molar refractivity (Wildman–Crippen MR) is 99.8 cm³/mol. The molecule has 1 saturated heterocycles. The van der Waals surface area contributed by atoms with E-state index in [2.05, 4.69) is 35.2 Å². The SMILES string of the molecule is Fc1ccc(CN2CCC(Cc3ccccc3)CC2)cc1.O=C(O)C(=O)O. The summed E-state index contributed by atoms with van der Waals surface area (Å²) < 4.78 is 12.9. The number of benzene rings is 2. The summed E-state index contributed by atoms with van der Waals surface area (Å²) in [4.78, 5) is 20.7. The minimum atomic E-state index is -1.82. The number of nitrogens with zero attached hydrogens (tertiary/aromatic N) is 1. The van der Waals surface area contributed by atoms with Gasteiger partial charge in [0.05, 0.1) is 0 Å². The minimum absolute atomic E-state index is 0.152. The number of aliphatic carboxylic acids is 2. The van der Waals surface area contributed by atoms with Gasteiger partial charge in [-0.25, -0.2) is 14.0 Å². The quantitative estimate of drug-likeness (QED) is 0.803. The van der Waals surface area contributed by atoms with E-state index in [0.717, 1.165) is 25.6 Å². The Labute approximate surface area is 158 Å². The Bertz CT molecular complexity index is 714. The molecule has 2 aromatic carbocycles. The van der Waals surface area contributed by atoms with Crippen LogP contribution in [0.4, 0.5) is 4.39 Å². The number of carboxylic acid groups (broad SMARTS) is 2. The summed E-state index contributed by atoms with van der Waals surface area (Å²) in [5, 5.41) is 14.8. The number of carbonyl (C=O) groups is 2. The fraction of sp³-hybridized carbons (Fsp3) is 0.333. The lowest BCUT2D eigenvalue weighted by Gasteiger charge is -2.32. The summed E-state index contributed by atoms with van der Waals surface area (Å²) in [6.07, 6.45) is 3.72. The molecule has 2 aromatic rings. The molecule has 0 bridgehead atoms. The Balaban J connectivity index is 0.000000380. The average Bonchev–Trinajstić information content (AvgIpc) is 2.66. The van der Waals surface area contributed by atoms with E-state index in [9.17, 15) is 4.39 Å². The van der Waals surface area contributed by atoms with E-state index >= 15 is 0 Å². The smallest absolute Gasteiger partial charge is 0.414 e. The Hall–Kier alpha value is -2.73. The van der Waals surface area contributed by atoms with E-state index in [1.165, 1.54) is 30.4 Å². The van der Waals surface area contributed by atoms with Crippen LogP contribution in [0.3, 0.4) is 0 Å². The molecule has 0 amide bonds. The molecule has 27 heavy (non-hydrogen) atoms. The van der Waals surface area contributed by atoms with Crippen LogP contribution in [0.15, 0.2) is 54.6 Å². The van der Waals surface area contributed by atoms with Crippen molar-refractivity contribution in [3.63, 3.8) is 0 Å². The van der Waals surface area contributed by atoms with E-state index in [0.29, 0.717) is 0 Å². The summed E-state index contributed by atoms with van der Waals surface area (Å²) in [5.74, 6) is -3.00. The summed E-state index contributed by atoms with van der Waals surface area (Å²) in [5.41, 5.74) is 2.66. The van der Waals surface area contributed by atoms with Gasteiger partial charge in [-0.2, -0.15) is 0 Å². The predicted octanol–water partition coefficient (Wildman–Crippen LogP) is 3.44. The topological polar surface area (TPSA) is 77.8 Å². The first-order valence-corrected chi connectivity index (χ1v) is 8.91. The Morgan fingerprint density at radius 2 is 1.44 bits per heavy atom. The van der Waals surface area contributed by atoms with Gasteiger partial charge >= 0.3 is 11.9 Å². The molecule has 144 valence electrons. The van der Waals surface area contributed by atoms with Crippen molar-refractivity contribution in [3.05, 3.63) is 71.5 Å². The van der Waals surface area contributed by atoms with Crippen LogP contribution in [0, 0.1) is 11.7 Å². The largest absolute Gasteiger partial charge is 0.473 e. The maximum Gasteiger partial charge on any atom is 0.414 e. The molecule has 0 aromatic heterocycles. The number of hydrogen-bond donors (Lipinski definition) is 2. The number of likely N-dealkylation sites (tertiary alicyclic amines) is 1. The highest BCUT2D eigenvalue weighted by Crippen LogP contribution is 2.22. The van der Waals surface area contributed by atoms with Crippen LogP contribution in [0.1, 0.15) is 24.0 Å². The Morgan fingerprint density at radius 3 is 1.96 bits per heavy atom. The van der Waals surface area contributed by atoms with E-state index in [-0.39, 0.29) is 5.82 Å². The summed E-state index contributed by atoms with van der Waals surface area (Å²) in [6, 6.07) is 17.7. The van der Waals surface area contributed by atoms with Crippen molar-refractivity contribution in [2.75, 3.05) is 13.1 Å². The third-order valence-corrected chi connectivity index (χ3v) is 4.58. The van der Waals surface area contributed by atoms with Crippen LogP contribution in [-0.4, -0.2) is 40.1 Å². The van der Waals surface area contributed by atoms with Crippen molar-refractivity contribution in [2.45, 2.75) is 25.8 Å². The average molecular weight is 373 g/mol. The number of piperidine rings is 1.